The van der Waals surface area contributed by atoms with Gasteiger partial charge in [0.25, 0.3) is 0 Å². The number of hydrogen-bond acceptors (Lipinski definition) is 2. The molecular weight excluding hydrogens is 730 g/mol. The predicted molar refractivity (Wildman–Crippen MR) is 190 cm³/mol. The molecule has 0 atom stereocenters. The molecule has 5 heterocycles. The minimum absolute atomic E-state index is 0.925. The Morgan fingerprint density at radius 3 is 2.07 bits per heavy atom. The van der Waals surface area contributed by atoms with E-state index in [1.165, 1.54) is 14.7 Å². The van der Waals surface area contributed by atoms with E-state index >= 15 is 0 Å². The van der Waals surface area contributed by atoms with E-state index in [0.717, 1.165) is 76.2 Å². The van der Waals surface area contributed by atoms with Crippen LogP contribution < -0.4 is 0 Å². The van der Waals surface area contributed by atoms with Crippen LogP contribution in [0.1, 0.15) is 40.8 Å². The van der Waals surface area contributed by atoms with Gasteiger partial charge in [-0.1, -0.05) is 42.0 Å². The molecule has 4 nitrogen and oxygen atoms in total. The molecule has 2 aliphatic heterocycles. The van der Waals surface area contributed by atoms with Crippen molar-refractivity contribution in [2.75, 3.05) is 0 Å². The second kappa shape index (κ2) is 10.4. The summed E-state index contributed by atoms with van der Waals surface area (Å²) in [6.45, 7) is 6.40. The maximum Gasteiger partial charge on any atom is 0.0792 e. The van der Waals surface area contributed by atoms with Gasteiger partial charge in [0, 0.05) is 40.3 Å². The SMILES string of the molecule is CC1=Cc2nc1c(-c1ccc(I)cc1)c1ccc(cc3cc(C)c(cc4nc(c2-c2ccc(C)cc2)C=C4I)[nH]3)[nH]1. The summed E-state index contributed by atoms with van der Waals surface area (Å²) < 4.78 is 2.31. The minimum Gasteiger partial charge on any atom is -0.355 e. The monoisotopic (exact) mass is 756 g/mol. The highest BCUT2D eigenvalue weighted by molar-refractivity contribution is 14.1. The smallest absolute Gasteiger partial charge is 0.0792 e. The molecule has 7 rings (SSSR count). The number of hydrogen-bond donors (Lipinski definition) is 2. The third-order valence-electron chi connectivity index (χ3n) is 7.58. The number of aryl methyl sites for hydroxylation is 2. The molecule has 6 heteroatoms. The van der Waals surface area contributed by atoms with Crippen LogP contribution in [0.5, 0.6) is 0 Å². The third kappa shape index (κ3) is 4.97. The maximum absolute atomic E-state index is 5.36. The van der Waals surface area contributed by atoms with Gasteiger partial charge >= 0.3 is 0 Å². The van der Waals surface area contributed by atoms with Crippen LogP contribution in [0.3, 0.4) is 0 Å². The maximum atomic E-state index is 5.36. The van der Waals surface area contributed by atoms with E-state index in [9.17, 15) is 0 Å². The lowest BCUT2D eigenvalue weighted by molar-refractivity contribution is 1.27. The molecule has 41 heavy (non-hydrogen) atoms. The van der Waals surface area contributed by atoms with Crippen LogP contribution in [-0.4, -0.2) is 19.9 Å². The average Bonchev–Trinajstić information content (AvgIpc) is 3.72. The number of aromatic amines is 2. The molecule has 0 saturated heterocycles. The topological polar surface area (TPSA) is 57.4 Å². The molecular formula is C35H26I2N4. The fourth-order valence-electron chi connectivity index (χ4n) is 5.49. The summed E-state index contributed by atoms with van der Waals surface area (Å²) >= 11 is 4.75. The minimum atomic E-state index is 0.925. The van der Waals surface area contributed by atoms with Crippen molar-refractivity contribution in [3.63, 3.8) is 0 Å². The van der Waals surface area contributed by atoms with Crippen LogP contribution in [0.15, 0.2) is 78.9 Å². The Kier molecular flexibility index (Phi) is 6.70. The first-order valence-electron chi connectivity index (χ1n) is 13.5. The highest BCUT2D eigenvalue weighted by atomic mass is 127. The highest BCUT2D eigenvalue weighted by Crippen LogP contribution is 2.39. The van der Waals surface area contributed by atoms with Gasteiger partial charge in [-0.15, -0.1) is 0 Å². The van der Waals surface area contributed by atoms with Gasteiger partial charge in [-0.25, -0.2) is 9.97 Å². The van der Waals surface area contributed by atoms with Crippen LogP contribution in [0.25, 0.3) is 65.6 Å². The molecule has 3 aromatic heterocycles. The molecule has 0 fully saturated rings. The van der Waals surface area contributed by atoms with E-state index in [1.807, 2.05) is 0 Å². The number of allylic oxidation sites excluding steroid dienone is 1. The number of rotatable bonds is 2. The van der Waals surface area contributed by atoms with Crippen molar-refractivity contribution in [2.45, 2.75) is 20.8 Å². The number of H-pyrrole nitrogens is 2. The van der Waals surface area contributed by atoms with Crippen molar-refractivity contribution >= 4 is 88.6 Å². The molecule has 0 radical (unpaired) electrons. The van der Waals surface area contributed by atoms with Crippen molar-refractivity contribution in [2.24, 2.45) is 0 Å². The lowest BCUT2D eigenvalue weighted by Gasteiger charge is -2.07. The van der Waals surface area contributed by atoms with Gasteiger partial charge < -0.3 is 9.97 Å². The van der Waals surface area contributed by atoms with Crippen molar-refractivity contribution in [1.82, 2.24) is 19.9 Å². The third-order valence-corrected chi connectivity index (χ3v) is 9.16. The molecule has 0 spiro atoms. The van der Waals surface area contributed by atoms with E-state index < -0.39 is 0 Å². The first-order valence-corrected chi connectivity index (χ1v) is 15.6. The summed E-state index contributed by atoms with van der Waals surface area (Å²) in [7, 11) is 0. The molecule has 0 saturated carbocycles. The van der Waals surface area contributed by atoms with Crippen LogP contribution in [0, 0.1) is 17.4 Å². The number of aromatic nitrogens is 4. The Morgan fingerprint density at radius 2 is 1.29 bits per heavy atom. The summed E-state index contributed by atoms with van der Waals surface area (Å²) in [5, 5.41) is 0. The molecule has 2 N–H and O–H groups in total. The number of benzene rings is 2. The van der Waals surface area contributed by atoms with Crippen molar-refractivity contribution in [1.29, 1.82) is 0 Å². The fourth-order valence-corrected chi connectivity index (χ4v) is 6.42. The van der Waals surface area contributed by atoms with Gasteiger partial charge in [0.05, 0.1) is 22.8 Å². The number of halogens is 2. The summed E-state index contributed by atoms with van der Waals surface area (Å²) in [4.78, 5) is 17.8. The van der Waals surface area contributed by atoms with Gasteiger partial charge in [0.2, 0.25) is 0 Å². The molecule has 0 aliphatic carbocycles. The number of fused-ring (bicyclic) bond motifs is 8. The second-order valence-corrected chi connectivity index (χ2v) is 13.0. The molecule has 2 aliphatic rings. The normalized spacial score (nSPS) is 12.8. The fraction of sp³-hybridized carbons (Fsp3) is 0.0857. The molecule has 200 valence electrons. The predicted octanol–water partition coefficient (Wildman–Crippen LogP) is 10.4. The quantitative estimate of drug-likeness (QED) is 0.176. The first kappa shape index (κ1) is 26.4. The van der Waals surface area contributed by atoms with E-state index in [-0.39, 0.29) is 0 Å². The van der Waals surface area contributed by atoms with Crippen LogP contribution >= 0.6 is 45.2 Å². The Balaban J connectivity index is 1.67. The van der Waals surface area contributed by atoms with E-state index in [0.29, 0.717) is 0 Å². The number of nitrogens with zero attached hydrogens (tertiary/aromatic N) is 2. The Morgan fingerprint density at radius 1 is 0.610 bits per heavy atom. The standard InChI is InChI=1S/C35H26I2N4/c1-19-4-6-22(7-5-19)33-31-15-21(3)35(41-31)34(23-8-10-24(36)11-9-23)28-13-12-25(38-28)16-26-14-20(2)29(39-26)18-30-27(37)17-32(33)40-30/h4-18,38-39H,1-3H3. The van der Waals surface area contributed by atoms with Gasteiger partial charge in [0.15, 0.2) is 0 Å². The Labute approximate surface area is 266 Å². The largest absolute Gasteiger partial charge is 0.355 e. The lowest BCUT2D eigenvalue weighted by atomic mass is 9.99. The molecule has 5 aromatic rings. The lowest BCUT2D eigenvalue weighted by Crippen LogP contribution is -1.91. The zero-order valence-corrected chi connectivity index (χ0v) is 27.1. The molecule has 0 amide bonds. The Hall–Kier alpha value is -3.50. The van der Waals surface area contributed by atoms with Gasteiger partial charge in [0.1, 0.15) is 0 Å². The van der Waals surface area contributed by atoms with E-state index in [4.69, 9.17) is 9.97 Å². The second-order valence-electron chi connectivity index (χ2n) is 10.6. The van der Waals surface area contributed by atoms with Gasteiger partial charge in [-0.05, 0) is 143 Å². The van der Waals surface area contributed by atoms with Gasteiger partial charge in [-0.3, -0.25) is 0 Å². The summed E-state index contributed by atoms with van der Waals surface area (Å²) in [5.41, 5.74) is 15.8. The van der Waals surface area contributed by atoms with Crippen LogP contribution in [0.4, 0.5) is 0 Å². The summed E-state index contributed by atoms with van der Waals surface area (Å²) in [6.07, 6.45) is 4.38. The average molecular weight is 756 g/mol. The first-order chi connectivity index (χ1) is 19.8. The van der Waals surface area contributed by atoms with Crippen LogP contribution in [0.2, 0.25) is 0 Å². The number of nitrogens with one attached hydrogen (secondary N) is 2. The van der Waals surface area contributed by atoms with Crippen LogP contribution in [-0.2, 0) is 0 Å². The Bertz CT molecular complexity index is 2080. The summed E-state index contributed by atoms with van der Waals surface area (Å²) in [5.74, 6) is 0. The highest BCUT2D eigenvalue weighted by Gasteiger charge is 2.21. The van der Waals surface area contributed by atoms with Crippen molar-refractivity contribution < 1.29 is 0 Å². The zero-order valence-electron chi connectivity index (χ0n) is 22.8. The van der Waals surface area contributed by atoms with Crippen molar-refractivity contribution in [3.05, 3.63) is 116 Å². The van der Waals surface area contributed by atoms with E-state index in [2.05, 4.69) is 167 Å². The van der Waals surface area contributed by atoms with E-state index in [1.54, 1.807) is 0 Å². The molecule has 0 unspecified atom stereocenters. The molecule has 8 bridgehead atoms. The van der Waals surface area contributed by atoms with Gasteiger partial charge in [-0.2, -0.15) is 0 Å². The van der Waals surface area contributed by atoms with Crippen molar-refractivity contribution in [3.8, 4) is 22.3 Å². The molecule has 2 aromatic carbocycles. The summed E-state index contributed by atoms with van der Waals surface area (Å²) in [6, 6.07) is 28.1. The zero-order chi connectivity index (χ0) is 28.2.